The predicted octanol–water partition coefficient (Wildman–Crippen LogP) is 0.659. The Hall–Kier alpha value is -2.90. The molecule has 1 fully saturated rings. The number of rotatable bonds is 4. The minimum absolute atomic E-state index is 0.0534. The van der Waals surface area contributed by atoms with E-state index < -0.39 is 0 Å². The van der Waals surface area contributed by atoms with E-state index in [0.717, 1.165) is 6.41 Å². The van der Waals surface area contributed by atoms with Gasteiger partial charge in [-0.3, -0.25) is 9.59 Å². The van der Waals surface area contributed by atoms with Gasteiger partial charge in [-0.15, -0.1) is 10.2 Å². The number of aromatic nitrogens is 2. The maximum absolute atomic E-state index is 12.4. The Bertz CT molecular complexity index is 707. The third kappa shape index (κ3) is 3.15. The van der Waals surface area contributed by atoms with E-state index >= 15 is 0 Å². The molecule has 0 radical (unpaired) electrons. The maximum atomic E-state index is 12.4. The molecule has 8 nitrogen and oxygen atoms in total. The molecule has 23 heavy (non-hydrogen) atoms. The lowest BCUT2D eigenvalue weighted by Gasteiger charge is -2.31. The van der Waals surface area contributed by atoms with Crippen LogP contribution in [0.5, 0.6) is 5.75 Å². The Balaban J connectivity index is 1.73. The van der Waals surface area contributed by atoms with Crippen molar-refractivity contribution in [2.75, 3.05) is 33.3 Å². The van der Waals surface area contributed by atoms with Crippen LogP contribution in [0, 0.1) is 0 Å². The first-order valence-electron chi connectivity index (χ1n) is 7.18. The number of ether oxygens (including phenoxy) is 1. The molecule has 0 unspecified atom stereocenters. The summed E-state index contributed by atoms with van der Waals surface area (Å²) in [6, 6.07) is 7.16. The summed E-state index contributed by atoms with van der Waals surface area (Å²) >= 11 is 0. The molecule has 0 bridgehead atoms. The van der Waals surface area contributed by atoms with Gasteiger partial charge in [-0.2, -0.15) is 0 Å². The van der Waals surface area contributed by atoms with Crippen molar-refractivity contribution in [3.63, 3.8) is 0 Å². The Morgan fingerprint density at radius 2 is 2.04 bits per heavy atom. The van der Waals surface area contributed by atoms with Crippen molar-refractivity contribution >= 4 is 12.3 Å². The lowest BCUT2D eigenvalue weighted by atomic mass is 10.2. The molecule has 0 spiro atoms. The van der Waals surface area contributed by atoms with Gasteiger partial charge >= 0.3 is 11.8 Å². The quantitative estimate of drug-likeness (QED) is 0.770. The van der Waals surface area contributed by atoms with Gasteiger partial charge < -0.3 is 19.0 Å². The molecule has 0 N–H and O–H groups in total. The van der Waals surface area contributed by atoms with Crippen LogP contribution in [-0.2, 0) is 4.79 Å². The number of hydrogen-bond donors (Lipinski definition) is 0. The van der Waals surface area contributed by atoms with Crippen LogP contribution in [0.15, 0.2) is 28.7 Å². The molecule has 0 atom stereocenters. The standard InChI is InChI=1S/C15H16N4O4/c1-22-12-4-2-3-11(9-12)13-16-17-14(23-13)15(21)19-7-5-18(10-20)6-8-19/h2-4,9-10H,5-8H2,1H3. The fourth-order valence-corrected chi connectivity index (χ4v) is 2.35. The normalized spacial score (nSPS) is 14.7. The molecule has 1 aromatic heterocycles. The van der Waals surface area contributed by atoms with Crippen molar-refractivity contribution in [1.29, 1.82) is 0 Å². The van der Waals surface area contributed by atoms with Crippen LogP contribution in [0.25, 0.3) is 11.5 Å². The molecule has 1 aliphatic rings. The lowest BCUT2D eigenvalue weighted by molar-refractivity contribution is -0.119. The fraction of sp³-hybridized carbons (Fsp3) is 0.333. The second-order valence-electron chi connectivity index (χ2n) is 5.08. The second-order valence-corrected chi connectivity index (χ2v) is 5.08. The summed E-state index contributed by atoms with van der Waals surface area (Å²) in [5.74, 6) is 0.553. The molecule has 0 saturated carbocycles. The first-order valence-corrected chi connectivity index (χ1v) is 7.18. The molecule has 1 aliphatic heterocycles. The van der Waals surface area contributed by atoms with E-state index in [1.807, 2.05) is 0 Å². The second kappa shape index (κ2) is 6.47. The van der Waals surface area contributed by atoms with Crippen molar-refractivity contribution in [2.24, 2.45) is 0 Å². The number of hydrogen-bond acceptors (Lipinski definition) is 6. The molecule has 3 rings (SSSR count). The van der Waals surface area contributed by atoms with E-state index in [0.29, 0.717) is 37.5 Å². The van der Waals surface area contributed by atoms with Gasteiger partial charge in [0.2, 0.25) is 12.3 Å². The third-order valence-electron chi connectivity index (χ3n) is 3.68. The van der Waals surface area contributed by atoms with E-state index in [2.05, 4.69) is 10.2 Å². The Morgan fingerprint density at radius 3 is 2.74 bits per heavy atom. The van der Waals surface area contributed by atoms with Crippen LogP contribution in [0.1, 0.15) is 10.7 Å². The van der Waals surface area contributed by atoms with Gasteiger partial charge in [0.15, 0.2) is 0 Å². The molecule has 1 aromatic carbocycles. The van der Waals surface area contributed by atoms with Crippen LogP contribution in [-0.4, -0.2) is 65.6 Å². The monoisotopic (exact) mass is 316 g/mol. The van der Waals surface area contributed by atoms with Gasteiger partial charge in [-0.05, 0) is 18.2 Å². The number of methoxy groups -OCH3 is 1. The number of nitrogens with zero attached hydrogens (tertiary/aromatic N) is 4. The molecular formula is C15H16N4O4. The first-order chi connectivity index (χ1) is 11.2. The zero-order valence-corrected chi connectivity index (χ0v) is 12.6. The SMILES string of the molecule is COc1cccc(-c2nnc(C(=O)N3CCN(C=O)CC3)o2)c1. The number of carbonyl (C=O) groups excluding carboxylic acids is 2. The van der Waals surface area contributed by atoms with Gasteiger partial charge in [0.25, 0.3) is 0 Å². The van der Waals surface area contributed by atoms with Crippen LogP contribution < -0.4 is 4.74 Å². The highest BCUT2D eigenvalue weighted by molar-refractivity contribution is 5.89. The van der Waals surface area contributed by atoms with Crippen molar-refractivity contribution in [3.05, 3.63) is 30.2 Å². The zero-order valence-electron chi connectivity index (χ0n) is 12.6. The van der Waals surface area contributed by atoms with Crippen LogP contribution >= 0.6 is 0 Å². The summed E-state index contributed by atoms with van der Waals surface area (Å²) in [6.45, 7) is 1.92. The average Bonchev–Trinajstić information content (AvgIpc) is 3.11. The van der Waals surface area contributed by atoms with Crippen molar-refractivity contribution in [1.82, 2.24) is 20.0 Å². The minimum Gasteiger partial charge on any atom is -0.497 e. The Kier molecular flexibility index (Phi) is 4.22. The fourth-order valence-electron chi connectivity index (χ4n) is 2.35. The van der Waals surface area contributed by atoms with E-state index in [1.54, 1.807) is 41.2 Å². The summed E-state index contributed by atoms with van der Waals surface area (Å²) in [6.07, 6.45) is 0.787. The molecule has 2 amide bonds. The molecule has 0 aliphatic carbocycles. The number of carbonyl (C=O) groups is 2. The smallest absolute Gasteiger partial charge is 0.311 e. The topological polar surface area (TPSA) is 88.8 Å². The molecule has 8 heteroatoms. The van der Waals surface area contributed by atoms with E-state index in [4.69, 9.17) is 9.15 Å². The van der Waals surface area contributed by atoms with Gasteiger partial charge in [0.05, 0.1) is 7.11 Å². The summed E-state index contributed by atoms with van der Waals surface area (Å²) in [4.78, 5) is 26.3. The van der Waals surface area contributed by atoms with E-state index in [9.17, 15) is 9.59 Å². The first kappa shape index (κ1) is 15.0. The highest BCUT2D eigenvalue weighted by atomic mass is 16.5. The summed E-state index contributed by atoms with van der Waals surface area (Å²) in [5, 5.41) is 7.75. The van der Waals surface area contributed by atoms with Crippen molar-refractivity contribution < 1.29 is 18.7 Å². The highest BCUT2D eigenvalue weighted by Crippen LogP contribution is 2.23. The Labute approximate surface area is 132 Å². The molecular weight excluding hydrogens is 300 g/mol. The molecule has 120 valence electrons. The van der Waals surface area contributed by atoms with Crippen molar-refractivity contribution in [3.8, 4) is 17.2 Å². The highest BCUT2D eigenvalue weighted by Gasteiger charge is 2.25. The summed E-state index contributed by atoms with van der Waals surface area (Å²) in [7, 11) is 1.57. The number of amides is 2. The van der Waals surface area contributed by atoms with E-state index in [1.165, 1.54) is 0 Å². The molecule has 2 aromatic rings. The minimum atomic E-state index is -0.322. The summed E-state index contributed by atoms with van der Waals surface area (Å²) < 4.78 is 10.6. The Morgan fingerprint density at radius 1 is 1.26 bits per heavy atom. The van der Waals surface area contributed by atoms with Gasteiger partial charge in [0, 0.05) is 31.7 Å². The summed E-state index contributed by atoms with van der Waals surface area (Å²) in [5.41, 5.74) is 0.682. The van der Waals surface area contributed by atoms with Gasteiger partial charge in [-0.25, -0.2) is 0 Å². The lowest BCUT2D eigenvalue weighted by Crippen LogP contribution is -2.48. The van der Waals surface area contributed by atoms with E-state index in [-0.39, 0.29) is 17.7 Å². The predicted molar refractivity (Wildman–Crippen MR) is 79.8 cm³/mol. The van der Waals surface area contributed by atoms with Crippen LogP contribution in [0.4, 0.5) is 0 Å². The maximum Gasteiger partial charge on any atom is 0.311 e. The number of benzene rings is 1. The van der Waals surface area contributed by atoms with Crippen LogP contribution in [0.2, 0.25) is 0 Å². The van der Waals surface area contributed by atoms with Crippen LogP contribution in [0.3, 0.4) is 0 Å². The van der Waals surface area contributed by atoms with Gasteiger partial charge in [-0.1, -0.05) is 6.07 Å². The van der Waals surface area contributed by atoms with Crippen molar-refractivity contribution in [2.45, 2.75) is 0 Å². The number of piperazine rings is 1. The molecule has 1 saturated heterocycles. The van der Waals surface area contributed by atoms with Gasteiger partial charge in [0.1, 0.15) is 5.75 Å². The largest absolute Gasteiger partial charge is 0.497 e. The third-order valence-corrected chi connectivity index (χ3v) is 3.68. The molecule has 2 heterocycles. The zero-order chi connectivity index (χ0) is 16.2. The average molecular weight is 316 g/mol.